The number of carbonyl (C=O) groups is 1. The third-order valence-corrected chi connectivity index (χ3v) is 4.05. The monoisotopic (exact) mass is 291 g/mol. The first-order chi connectivity index (χ1) is 9.58. The van der Waals surface area contributed by atoms with E-state index in [1.165, 1.54) is 0 Å². The zero-order valence-corrected chi connectivity index (χ0v) is 12.3. The number of rotatable bonds is 4. The van der Waals surface area contributed by atoms with Crippen LogP contribution < -0.4 is 5.32 Å². The number of imidazole rings is 1. The summed E-state index contributed by atoms with van der Waals surface area (Å²) in [5.41, 5.74) is 2.69. The number of aryl methyl sites for hydroxylation is 1. The van der Waals surface area contributed by atoms with Crippen molar-refractivity contribution >= 4 is 18.1 Å². The molecule has 1 fully saturated rings. The topological polar surface area (TPSA) is 67.6 Å². The number of carbonyl (C=O) groups excluding carboxylic acids is 1. The molecule has 0 atom stereocenters. The second-order valence-electron chi connectivity index (χ2n) is 5.14. The van der Waals surface area contributed by atoms with Gasteiger partial charge in [0.05, 0.1) is 6.20 Å². The summed E-state index contributed by atoms with van der Waals surface area (Å²) in [4.78, 5) is 15.2. The minimum Gasteiger partial charge on any atom is -0.347 e. The number of hydrogen-bond acceptors (Lipinski definition) is 3. The van der Waals surface area contributed by atoms with Crippen molar-refractivity contribution in [3.8, 4) is 0 Å². The zero-order chi connectivity index (χ0) is 14.3. The maximum atomic E-state index is 12.3. The molecule has 2 aromatic rings. The molecule has 6 nitrogen and oxygen atoms in total. The highest BCUT2D eigenvalue weighted by atomic mass is 32.1. The summed E-state index contributed by atoms with van der Waals surface area (Å²) >= 11 is 5.22. The van der Waals surface area contributed by atoms with Crippen LogP contribution in [0.15, 0.2) is 12.4 Å². The van der Waals surface area contributed by atoms with Gasteiger partial charge in [-0.1, -0.05) is 0 Å². The van der Waals surface area contributed by atoms with Crippen molar-refractivity contribution in [3.63, 3.8) is 0 Å². The highest BCUT2D eigenvalue weighted by Gasteiger charge is 2.28. The summed E-state index contributed by atoms with van der Waals surface area (Å²) in [6.45, 7) is 2.46. The van der Waals surface area contributed by atoms with Gasteiger partial charge in [-0.2, -0.15) is 5.10 Å². The molecule has 106 valence electrons. The molecule has 0 bridgehead atoms. The van der Waals surface area contributed by atoms with Gasteiger partial charge in [-0.3, -0.25) is 9.48 Å². The normalized spacial score (nSPS) is 14.5. The number of aromatic nitrogens is 4. The number of hydrogen-bond donors (Lipinski definition) is 2. The smallest absolute Gasteiger partial charge is 0.269 e. The van der Waals surface area contributed by atoms with Crippen molar-refractivity contribution in [1.82, 2.24) is 24.6 Å². The first-order valence-electron chi connectivity index (χ1n) is 6.63. The largest absolute Gasteiger partial charge is 0.347 e. The molecule has 3 rings (SSSR count). The minimum atomic E-state index is -0.104. The standard InChI is InChI=1S/C13H17N5OS/c1-8-9(6-16-17(8)2)5-14-12(19)11-7-15-13(20)18(11)10-3-4-10/h6-7,10H,3-5H2,1-2H3,(H,14,19)(H,15,20). The van der Waals surface area contributed by atoms with Gasteiger partial charge in [0.15, 0.2) is 4.77 Å². The Hall–Kier alpha value is -1.89. The highest BCUT2D eigenvalue weighted by Crippen LogP contribution is 2.36. The molecule has 0 saturated heterocycles. The fourth-order valence-corrected chi connectivity index (χ4v) is 2.54. The molecular weight excluding hydrogens is 274 g/mol. The molecule has 7 heteroatoms. The molecule has 0 radical (unpaired) electrons. The number of nitrogens with one attached hydrogen (secondary N) is 2. The Morgan fingerprint density at radius 3 is 2.95 bits per heavy atom. The van der Waals surface area contributed by atoms with Crippen molar-refractivity contribution in [2.45, 2.75) is 32.4 Å². The van der Waals surface area contributed by atoms with Gasteiger partial charge < -0.3 is 14.9 Å². The zero-order valence-electron chi connectivity index (χ0n) is 11.5. The fourth-order valence-electron chi connectivity index (χ4n) is 2.23. The first kappa shape index (κ1) is 13.1. The molecule has 1 aliphatic carbocycles. The van der Waals surface area contributed by atoms with Crippen LogP contribution in [-0.4, -0.2) is 25.2 Å². The van der Waals surface area contributed by atoms with Gasteiger partial charge in [0.2, 0.25) is 0 Å². The Balaban J connectivity index is 1.74. The predicted molar refractivity (Wildman–Crippen MR) is 77.0 cm³/mol. The fraction of sp³-hybridized carbons (Fsp3) is 0.462. The molecule has 0 aromatic carbocycles. The van der Waals surface area contributed by atoms with Crippen molar-refractivity contribution in [3.05, 3.63) is 34.1 Å². The van der Waals surface area contributed by atoms with Crippen LogP contribution in [0.1, 0.15) is 40.6 Å². The van der Waals surface area contributed by atoms with E-state index in [0.717, 1.165) is 24.1 Å². The molecule has 2 aromatic heterocycles. The second kappa shape index (κ2) is 4.90. The first-order valence-corrected chi connectivity index (χ1v) is 7.04. The van der Waals surface area contributed by atoms with E-state index < -0.39 is 0 Å². The third-order valence-electron chi connectivity index (χ3n) is 3.73. The lowest BCUT2D eigenvalue weighted by Crippen LogP contribution is -2.25. The van der Waals surface area contributed by atoms with Gasteiger partial charge in [0.25, 0.3) is 5.91 Å². The summed E-state index contributed by atoms with van der Waals surface area (Å²) in [5.74, 6) is -0.104. The average Bonchev–Trinajstić information content (AvgIpc) is 3.12. The number of aromatic amines is 1. The summed E-state index contributed by atoms with van der Waals surface area (Å²) in [5, 5.41) is 7.09. The van der Waals surface area contributed by atoms with Crippen LogP contribution in [0, 0.1) is 11.7 Å². The molecular formula is C13H17N5OS. The van der Waals surface area contributed by atoms with E-state index in [9.17, 15) is 4.79 Å². The molecule has 0 aliphatic heterocycles. The molecule has 2 N–H and O–H groups in total. The van der Waals surface area contributed by atoms with Gasteiger partial charge >= 0.3 is 0 Å². The Morgan fingerprint density at radius 1 is 1.60 bits per heavy atom. The van der Waals surface area contributed by atoms with Crippen molar-refractivity contribution in [2.24, 2.45) is 7.05 Å². The molecule has 2 heterocycles. The third kappa shape index (κ3) is 2.29. The van der Waals surface area contributed by atoms with E-state index >= 15 is 0 Å². The van der Waals surface area contributed by atoms with Crippen LogP contribution in [0.4, 0.5) is 0 Å². The van der Waals surface area contributed by atoms with Gasteiger partial charge in [0.1, 0.15) is 5.69 Å². The van der Waals surface area contributed by atoms with Crippen LogP contribution in [0.25, 0.3) is 0 Å². The maximum absolute atomic E-state index is 12.3. The lowest BCUT2D eigenvalue weighted by molar-refractivity contribution is 0.0941. The van der Waals surface area contributed by atoms with Gasteiger partial charge in [0, 0.05) is 37.1 Å². The Labute approximate surface area is 121 Å². The van der Waals surface area contributed by atoms with E-state index in [4.69, 9.17) is 12.2 Å². The minimum absolute atomic E-state index is 0.104. The average molecular weight is 291 g/mol. The maximum Gasteiger partial charge on any atom is 0.269 e. The molecule has 0 unspecified atom stereocenters. The number of amides is 1. The summed E-state index contributed by atoms with van der Waals surface area (Å²) in [6, 6.07) is 0.384. The van der Waals surface area contributed by atoms with E-state index in [1.54, 1.807) is 17.1 Å². The Bertz CT molecular complexity index is 707. The Morgan fingerprint density at radius 2 is 2.35 bits per heavy atom. The van der Waals surface area contributed by atoms with Crippen LogP contribution >= 0.6 is 12.2 Å². The number of nitrogens with zero attached hydrogens (tertiary/aromatic N) is 3. The second-order valence-corrected chi connectivity index (χ2v) is 5.53. The summed E-state index contributed by atoms with van der Waals surface area (Å²) in [7, 11) is 1.89. The lowest BCUT2D eigenvalue weighted by atomic mass is 10.2. The quantitative estimate of drug-likeness (QED) is 0.845. The summed E-state index contributed by atoms with van der Waals surface area (Å²) < 4.78 is 4.33. The molecule has 1 saturated carbocycles. The highest BCUT2D eigenvalue weighted by molar-refractivity contribution is 7.71. The van der Waals surface area contributed by atoms with Crippen molar-refractivity contribution in [2.75, 3.05) is 0 Å². The number of H-pyrrole nitrogens is 1. The molecule has 0 spiro atoms. The van der Waals surface area contributed by atoms with Crippen LogP contribution in [0.5, 0.6) is 0 Å². The van der Waals surface area contributed by atoms with Crippen molar-refractivity contribution in [1.29, 1.82) is 0 Å². The SMILES string of the molecule is Cc1c(CNC(=O)c2c[nH]c(=S)n2C2CC2)cnn1C. The van der Waals surface area contributed by atoms with E-state index in [2.05, 4.69) is 15.4 Å². The van der Waals surface area contributed by atoms with Gasteiger partial charge in [-0.15, -0.1) is 0 Å². The Kier molecular flexibility index (Phi) is 3.21. The molecule has 20 heavy (non-hydrogen) atoms. The predicted octanol–water partition coefficient (Wildman–Crippen LogP) is 1.85. The van der Waals surface area contributed by atoms with E-state index in [-0.39, 0.29) is 5.91 Å². The lowest BCUT2D eigenvalue weighted by Gasteiger charge is -2.07. The van der Waals surface area contributed by atoms with Crippen LogP contribution in [0.3, 0.4) is 0 Å². The van der Waals surface area contributed by atoms with E-state index in [1.807, 2.05) is 18.5 Å². The van der Waals surface area contributed by atoms with E-state index in [0.29, 0.717) is 23.1 Å². The molecule has 1 aliphatic rings. The van der Waals surface area contributed by atoms with Crippen molar-refractivity contribution < 1.29 is 4.79 Å². The molecule has 1 amide bonds. The van der Waals surface area contributed by atoms with Crippen LogP contribution in [0.2, 0.25) is 0 Å². The van der Waals surface area contributed by atoms with Gasteiger partial charge in [-0.25, -0.2) is 0 Å². The van der Waals surface area contributed by atoms with Gasteiger partial charge in [-0.05, 0) is 32.0 Å². The van der Waals surface area contributed by atoms with Crippen LogP contribution in [-0.2, 0) is 13.6 Å². The summed E-state index contributed by atoms with van der Waals surface area (Å²) in [6.07, 6.45) is 5.65.